The van der Waals surface area contributed by atoms with Gasteiger partial charge in [0.15, 0.2) is 5.96 Å². The van der Waals surface area contributed by atoms with E-state index in [2.05, 4.69) is 47.9 Å². The fraction of sp³-hybridized carbons (Fsp3) is 0.611. The van der Waals surface area contributed by atoms with E-state index >= 15 is 0 Å². The van der Waals surface area contributed by atoms with E-state index in [1.165, 1.54) is 24.2 Å². The number of nitrogens with zero attached hydrogens (tertiary/aromatic N) is 1. The van der Waals surface area contributed by atoms with Gasteiger partial charge in [-0.15, -0.1) is 24.0 Å². The zero-order chi connectivity index (χ0) is 17.1. The molecule has 24 heavy (non-hydrogen) atoms. The molecular weight excluding hydrogens is 433 g/mol. The molecule has 0 saturated heterocycles. The number of halogens is 1. The summed E-state index contributed by atoms with van der Waals surface area (Å²) in [6.07, 6.45) is 4.55. The van der Waals surface area contributed by atoms with E-state index in [-0.39, 0.29) is 29.4 Å². The Morgan fingerprint density at radius 1 is 1.25 bits per heavy atom. The minimum absolute atomic E-state index is 0. The van der Waals surface area contributed by atoms with Crippen molar-refractivity contribution in [1.82, 2.24) is 10.6 Å². The van der Waals surface area contributed by atoms with Crippen LogP contribution < -0.4 is 15.4 Å². The monoisotopic (exact) mass is 465 g/mol. The maximum absolute atomic E-state index is 5.32. The lowest BCUT2D eigenvalue weighted by Gasteiger charge is -2.27. The first-order valence-corrected chi connectivity index (χ1v) is 9.51. The molecule has 138 valence electrons. The molecule has 0 atom stereocenters. The average Bonchev–Trinajstić information content (AvgIpc) is 2.57. The number of unbranched alkanes of at least 4 members (excludes halogenated alkanes) is 1. The number of aliphatic imine (C=N–C) groups is 1. The number of methoxy groups -OCH3 is 1. The van der Waals surface area contributed by atoms with Crippen LogP contribution >= 0.6 is 35.7 Å². The second kappa shape index (κ2) is 12.7. The molecule has 0 fully saturated rings. The fourth-order valence-electron chi connectivity index (χ4n) is 2.25. The number of ether oxygens (including phenoxy) is 1. The lowest BCUT2D eigenvalue weighted by Crippen LogP contribution is -2.43. The highest BCUT2D eigenvalue weighted by atomic mass is 127. The third-order valence-corrected chi connectivity index (χ3v) is 4.54. The smallest absolute Gasteiger partial charge is 0.191 e. The van der Waals surface area contributed by atoms with Gasteiger partial charge < -0.3 is 15.4 Å². The molecule has 0 aliphatic heterocycles. The number of benzene rings is 1. The van der Waals surface area contributed by atoms with Crippen LogP contribution in [0.3, 0.4) is 0 Å². The molecule has 4 nitrogen and oxygen atoms in total. The summed E-state index contributed by atoms with van der Waals surface area (Å²) in [4.78, 5) is 4.30. The van der Waals surface area contributed by atoms with Gasteiger partial charge in [0.1, 0.15) is 5.75 Å². The van der Waals surface area contributed by atoms with Crippen LogP contribution in [0.25, 0.3) is 0 Å². The fourth-order valence-corrected chi connectivity index (χ4v) is 2.74. The normalized spacial score (nSPS) is 11.6. The van der Waals surface area contributed by atoms with Crippen LogP contribution in [0.15, 0.2) is 29.3 Å². The molecule has 0 aliphatic carbocycles. The lowest BCUT2D eigenvalue weighted by atomic mass is 9.84. The molecule has 0 aromatic heterocycles. The second-order valence-corrected chi connectivity index (χ2v) is 7.15. The van der Waals surface area contributed by atoms with E-state index in [1.807, 2.05) is 30.9 Å². The van der Waals surface area contributed by atoms with Gasteiger partial charge in [0.25, 0.3) is 0 Å². The summed E-state index contributed by atoms with van der Waals surface area (Å²) >= 11 is 1.90. The predicted octanol–water partition coefficient (Wildman–Crippen LogP) is 3.90. The van der Waals surface area contributed by atoms with Crippen molar-refractivity contribution < 1.29 is 4.74 Å². The van der Waals surface area contributed by atoms with Gasteiger partial charge in [-0.3, -0.25) is 4.99 Å². The summed E-state index contributed by atoms with van der Waals surface area (Å²) in [6.45, 7) is 6.21. The van der Waals surface area contributed by atoms with E-state index in [0.717, 1.165) is 24.8 Å². The molecule has 2 N–H and O–H groups in total. The average molecular weight is 465 g/mol. The highest BCUT2D eigenvalue weighted by Crippen LogP contribution is 2.25. The van der Waals surface area contributed by atoms with Crippen molar-refractivity contribution in [3.05, 3.63) is 29.8 Å². The molecule has 0 spiro atoms. The summed E-state index contributed by atoms with van der Waals surface area (Å²) in [7, 11) is 3.52. The Kier molecular flexibility index (Phi) is 12.4. The summed E-state index contributed by atoms with van der Waals surface area (Å²) in [6, 6.07) is 8.25. The van der Waals surface area contributed by atoms with Gasteiger partial charge in [0, 0.05) is 25.6 Å². The molecule has 6 heteroatoms. The summed E-state index contributed by atoms with van der Waals surface area (Å²) < 4.78 is 5.32. The Morgan fingerprint density at radius 2 is 2.00 bits per heavy atom. The van der Waals surface area contributed by atoms with Crippen molar-refractivity contribution >= 4 is 41.7 Å². The van der Waals surface area contributed by atoms with Gasteiger partial charge in [0.2, 0.25) is 0 Å². The molecule has 0 aliphatic rings. The molecule has 0 heterocycles. The lowest BCUT2D eigenvalue weighted by molar-refractivity contribution is 0.411. The largest absolute Gasteiger partial charge is 0.497 e. The quantitative estimate of drug-likeness (QED) is 0.251. The second-order valence-electron chi connectivity index (χ2n) is 6.17. The van der Waals surface area contributed by atoms with Gasteiger partial charge in [-0.2, -0.15) is 11.8 Å². The minimum atomic E-state index is -0.00892. The van der Waals surface area contributed by atoms with E-state index in [4.69, 9.17) is 4.74 Å². The summed E-state index contributed by atoms with van der Waals surface area (Å²) in [5.74, 6) is 2.98. The maximum atomic E-state index is 5.32. The van der Waals surface area contributed by atoms with Crippen LogP contribution in [0.2, 0.25) is 0 Å². The molecule has 1 aromatic rings. The van der Waals surface area contributed by atoms with Crippen molar-refractivity contribution in [3.8, 4) is 5.75 Å². The van der Waals surface area contributed by atoms with Crippen LogP contribution in [0.4, 0.5) is 0 Å². The number of rotatable bonds is 9. The Balaban J connectivity index is 0.00000529. The first kappa shape index (κ1) is 23.4. The van der Waals surface area contributed by atoms with Crippen molar-refractivity contribution in [1.29, 1.82) is 0 Å². The molecule has 0 bridgehead atoms. The van der Waals surface area contributed by atoms with Crippen LogP contribution in [0, 0.1) is 0 Å². The molecule has 1 aromatic carbocycles. The Labute approximate surface area is 168 Å². The van der Waals surface area contributed by atoms with E-state index < -0.39 is 0 Å². The van der Waals surface area contributed by atoms with Gasteiger partial charge >= 0.3 is 0 Å². The SMILES string of the molecule is CN=C(NCCCCSC)NCC(C)(C)c1cccc(OC)c1.I. The Bertz CT molecular complexity index is 495. The first-order chi connectivity index (χ1) is 11.0. The topological polar surface area (TPSA) is 45.7 Å². The summed E-state index contributed by atoms with van der Waals surface area (Å²) in [5.41, 5.74) is 1.24. The van der Waals surface area contributed by atoms with Crippen molar-refractivity contribution in [2.24, 2.45) is 4.99 Å². The van der Waals surface area contributed by atoms with Crippen LogP contribution in [-0.4, -0.2) is 45.2 Å². The molecule has 0 unspecified atom stereocenters. The van der Waals surface area contributed by atoms with E-state index in [9.17, 15) is 0 Å². The predicted molar refractivity (Wildman–Crippen MR) is 118 cm³/mol. The third kappa shape index (κ3) is 8.46. The van der Waals surface area contributed by atoms with Gasteiger partial charge in [0.05, 0.1) is 7.11 Å². The number of hydrogen-bond acceptors (Lipinski definition) is 3. The number of thioether (sulfide) groups is 1. The third-order valence-electron chi connectivity index (χ3n) is 3.84. The van der Waals surface area contributed by atoms with E-state index in [0.29, 0.717) is 0 Å². The molecule has 1 rings (SSSR count). The van der Waals surface area contributed by atoms with Crippen LogP contribution in [0.5, 0.6) is 5.75 Å². The first-order valence-electron chi connectivity index (χ1n) is 8.11. The van der Waals surface area contributed by atoms with Crippen molar-refractivity contribution in [2.75, 3.05) is 39.3 Å². The van der Waals surface area contributed by atoms with Crippen LogP contribution in [0.1, 0.15) is 32.3 Å². The minimum Gasteiger partial charge on any atom is -0.497 e. The number of nitrogens with one attached hydrogen (secondary N) is 2. The Morgan fingerprint density at radius 3 is 2.62 bits per heavy atom. The number of hydrogen-bond donors (Lipinski definition) is 2. The summed E-state index contributed by atoms with van der Waals surface area (Å²) in [5, 5.41) is 6.81. The van der Waals surface area contributed by atoms with Gasteiger partial charge in [-0.1, -0.05) is 26.0 Å². The zero-order valence-electron chi connectivity index (χ0n) is 15.5. The zero-order valence-corrected chi connectivity index (χ0v) is 18.7. The Hall–Kier alpha value is -0.630. The molecule has 0 radical (unpaired) electrons. The highest BCUT2D eigenvalue weighted by Gasteiger charge is 2.21. The number of guanidine groups is 1. The van der Waals surface area contributed by atoms with E-state index in [1.54, 1.807) is 7.11 Å². The van der Waals surface area contributed by atoms with Gasteiger partial charge in [-0.25, -0.2) is 0 Å². The van der Waals surface area contributed by atoms with Crippen molar-refractivity contribution in [2.45, 2.75) is 32.1 Å². The maximum Gasteiger partial charge on any atom is 0.191 e. The standard InChI is InChI=1S/C18H31N3OS.HI/c1-18(2,15-9-8-10-16(13-15)22-4)14-21-17(19-3)20-11-6-7-12-23-5;/h8-10,13H,6-7,11-12,14H2,1-5H3,(H2,19,20,21);1H. The van der Waals surface area contributed by atoms with Crippen molar-refractivity contribution in [3.63, 3.8) is 0 Å². The van der Waals surface area contributed by atoms with Gasteiger partial charge in [-0.05, 0) is 42.5 Å². The van der Waals surface area contributed by atoms with Crippen LogP contribution in [-0.2, 0) is 5.41 Å². The molecule has 0 saturated carbocycles. The molecule has 0 amide bonds. The highest BCUT2D eigenvalue weighted by molar-refractivity contribution is 14.0. The molecular formula is C18H32IN3OS.